The summed E-state index contributed by atoms with van der Waals surface area (Å²) in [7, 11) is 1.04. The molecule has 2 rings (SSSR count). The second-order valence-corrected chi connectivity index (χ2v) is 5.70. The molecule has 0 bridgehead atoms. The van der Waals surface area contributed by atoms with Crippen LogP contribution in [0.3, 0.4) is 0 Å². The number of hydrogen-bond donors (Lipinski definition) is 1. The van der Waals surface area contributed by atoms with Gasteiger partial charge >= 0.3 is 12.1 Å². The van der Waals surface area contributed by atoms with Gasteiger partial charge in [-0.1, -0.05) is 23.2 Å². The van der Waals surface area contributed by atoms with E-state index in [4.69, 9.17) is 28.9 Å². The van der Waals surface area contributed by atoms with Crippen molar-refractivity contribution in [3.8, 4) is 10.7 Å². The second kappa shape index (κ2) is 6.10. The topological polar surface area (TPSA) is 78.1 Å². The molecule has 2 heterocycles. The highest BCUT2D eigenvalue weighted by Gasteiger charge is 2.40. The van der Waals surface area contributed by atoms with Crippen molar-refractivity contribution in [2.24, 2.45) is 0 Å². The Labute approximate surface area is 140 Å². The molecule has 0 spiro atoms. The van der Waals surface area contributed by atoms with Crippen molar-refractivity contribution in [1.82, 2.24) is 9.97 Å². The van der Waals surface area contributed by atoms with Crippen LogP contribution in [-0.4, -0.2) is 23.0 Å². The average molecular weight is 390 g/mol. The highest BCUT2D eigenvalue weighted by molar-refractivity contribution is 7.14. The molecule has 0 saturated heterocycles. The van der Waals surface area contributed by atoms with Gasteiger partial charge in [0.15, 0.2) is 16.6 Å². The smallest absolute Gasteiger partial charge is 0.421 e. The summed E-state index contributed by atoms with van der Waals surface area (Å²) in [6.45, 7) is 0. The zero-order chi connectivity index (χ0) is 17.5. The number of nitrogen functional groups attached to an aromatic ring is 1. The van der Waals surface area contributed by atoms with Crippen LogP contribution in [0, 0.1) is 5.13 Å². The Morgan fingerprint density at radius 2 is 1.87 bits per heavy atom. The Hall–Kier alpha value is -1.65. The number of alkyl halides is 3. The Bertz CT molecular complexity index is 795. The van der Waals surface area contributed by atoms with E-state index in [1.807, 2.05) is 0 Å². The van der Waals surface area contributed by atoms with Crippen molar-refractivity contribution in [2.75, 3.05) is 12.8 Å². The van der Waals surface area contributed by atoms with Crippen molar-refractivity contribution < 1.29 is 27.1 Å². The Kier molecular flexibility index (Phi) is 4.69. The largest absolute Gasteiger partial charge is 0.464 e. The molecule has 124 valence electrons. The van der Waals surface area contributed by atoms with Crippen LogP contribution in [0.25, 0.3) is 10.7 Å². The molecule has 0 fully saturated rings. The number of methoxy groups -OCH3 is 1. The normalized spacial score (nSPS) is 11.6. The molecular formula is C11H5Cl2F4N3O2S. The Morgan fingerprint density at radius 1 is 1.26 bits per heavy atom. The maximum absolute atomic E-state index is 13.6. The van der Waals surface area contributed by atoms with Crippen LogP contribution >= 0.6 is 34.5 Å². The first kappa shape index (κ1) is 17.7. The number of nitrogens with two attached hydrogens (primary N) is 1. The number of halogens is 6. The quantitative estimate of drug-likeness (QED) is 0.619. The van der Waals surface area contributed by atoms with Crippen molar-refractivity contribution in [1.29, 1.82) is 0 Å². The molecule has 0 saturated carbocycles. The van der Waals surface area contributed by atoms with E-state index in [0.29, 0.717) is 0 Å². The summed E-state index contributed by atoms with van der Waals surface area (Å²) in [5, 5.41) is -2.84. The van der Waals surface area contributed by atoms with E-state index < -0.39 is 50.1 Å². The standard InChI is InChI=1S/C11H5Cl2F4N3O2S/c1-22-10(21)5-4(13)8(18)20-9(19-5)6-3(12)2(7(14)23-6)11(15,16)17/h1H3,(H2,18,19,20). The molecular weight excluding hydrogens is 385 g/mol. The summed E-state index contributed by atoms with van der Waals surface area (Å²) in [5.41, 5.74) is 3.37. The second-order valence-electron chi connectivity index (χ2n) is 3.98. The minimum absolute atomic E-state index is 0.0692. The molecule has 2 aromatic rings. The van der Waals surface area contributed by atoms with E-state index in [9.17, 15) is 22.4 Å². The molecule has 0 radical (unpaired) electrons. The number of nitrogens with zero attached hydrogens (tertiary/aromatic N) is 2. The molecule has 0 aliphatic rings. The van der Waals surface area contributed by atoms with Gasteiger partial charge in [0.1, 0.15) is 16.4 Å². The summed E-state index contributed by atoms with van der Waals surface area (Å²) < 4.78 is 56.3. The fourth-order valence-electron chi connectivity index (χ4n) is 1.56. The monoisotopic (exact) mass is 389 g/mol. The predicted molar refractivity (Wildman–Crippen MR) is 76.1 cm³/mol. The molecule has 2 aromatic heterocycles. The zero-order valence-corrected chi connectivity index (χ0v) is 13.3. The highest BCUT2D eigenvalue weighted by atomic mass is 35.5. The van der Waals surface area contributed by atoms with Crippen LogP contribution in [0.4, 0.5) is 23.4 Å². The molecule has 0 amide bonds. The summed E-state index contributed by atoms with van der Waals surface area (Å²) in [6.07, 6.45) is -5.00. The van der Waals surface area contributed by atoms with Crippen LogP contribution in [0.2, 0.25) is 10.0 Å². The lowest BCUT2D eigenvalue weighted by molar-refractivity contribution is -0.139. The highest BCUT2D eigenvalue weighted by Crippen LogP contribution is 2.46. The Morgan fingerprint density at radius 3 is 2.35 bits per heavy atom. The van der Waals surface area contributed by atoms with Gasteiger partial charge in [0.25, 0.3) is 0 Å². The van der Waals surface area contributed by atoms with Gasteiger partial charge in [-0.3, -0.25) is 0 Å². The number of anilines is 1. The van der Waals surface area contributed by atoms with E-state index >= 15 is 0 Å². The SMILES string of the molecule is COC(=O)c1nc(-c2sc(F)c(C(F)(F)F)c2Cl)nc(N)c1Cl. The number of hydrogen-bond acceptors (Lipinski definition) is 6. The van der Waals surface area contributed by atoms with Gasteiger partial charge in [0, 0.05) is 0 Å². The van der Waals surface area contributed by atoms with E-state index in [2.05, 4.69) is 14.7 Å². The van der Waals surface area contributed by atoms with Crippen molar-refractivity contribution >= 4 is 46.3 Å². The minimum atomic E-state index is -5.00. The molecule has 0 atom stereocenters. The van der Waals surface area contributed by atoms with Crippen molar-refractivity contribution in [2.45, 2.75) is 6.18 Å². The Balaban J connectivity index is 2.69. The van der Waals surface area contributed by atoms with Gasteiger partial charge in [-0.05, 0) is 0 Å². The fourth-order valence-corrected chi connectivity index (χ4v) is 3.04. The minimum Gasteiger partial charge on any atom is -0.464 e. The lowest BCUT2D eigenvalue weighted by Crippen LogP contribution is -2.10. The summed E-state index contributed by atoms with van der Waals surface area (Å²) >= 11 is 11.4. The number of carbonyl (C=O) groups excluding carboxylic acids is 1. The van der Waals surface area contributed by atoms with Gasteiger partial charge in [-0.25, -0.2) is 14.8 Å². The molecule has 0 unspecified atom stereocenters. The summed E-state index contributed by atoms with van der Waals surface area (Å²) in [4.78, 5) is 18.4. The van der Waals surface area contributed by atoms with Gasteiger partial charge in [0.2, 0.25) is 0 Å². The zero-order valence-electron chi connectivity index (χ0n) is 11.0. The van der Waals surface area contributed by atoms with E-state index in [0.717, 1.165) is 7.11 Å². The fraction of sp³-hybridized carbons (Fsp3) is 0.182. The maximum atomic E-state index is 13.6. The predicted octanol–water partition coefficient (Wildman–Crippen LogP) is 4.04. The van der Waals surface area contributed by atoms with Gasteiger partial charge in [-0.2, -0.15) is 17.6 Å². The van der Waals surface area contributed by atoms with Crippen LogP contribution < -0.4 is 5.73 Å². The van der Waals surface area contributed by atoms with E-state index in [-0.39, 0.29) is 16.4 Å². The lowest BCUT2D eigenvalue weighted by atomic mass is 10.2. The van der Waals surface area contributed by atoms with Gasteiger partial charge in [-0.15, -0.1) is 11.3 Å². The molecule has 12 heteroatoms. The van der Waals surface area contributed by atoms with Crippen LogP contribution in [0.1, 0.15) is 16.1 Å². The van der Waals surface area contributed by atoms with Crippen molar-refractivity contribution in [3.05, 3.63) is 26.4 Å². The van der Waals surface area contributed by atoms with Crippen LogP contribution in [0.5, 0.6) is 0 Å². The van der Waals surface area contributed by atoms with Gasteiger partial charge < -0.3 is 10.5 Å². The number of aromatic nitrogens is 2. The maximum Gasteiger partial charge on any atom is 0.421 e. The third kappa shape index (κ3) is 3.19. The van der Waals surface area contributed by atoms with Crippen LogP contribution in [0.15, 0.2) is 0 Å². The molecule has 23 heavy (non-hydrogen) atoms. The van der Waals surface area contributed by atoms with E-state index in [1.165, 1.54) is 0 Å². The van der Waals surface area contributed by atoms with Crippen LogP contribution in [-0.2, 0) is 10.9 Å². The molecule has 0 aliphatic heterocycles. The third-order valence-corrected chi connectivity index (χ3v) is 4.39. The van der Waals surface area contributed by atoms with Crippen molar-refractivity contribution in [3.63, 3.8) is 0 Å². The van der Waals surface area contributed by atoms with E-state index in [1.54, 1.807) is 0 Å². The average Bonchev–Trinajstić information content (AvgIpc) is 2.75. The molecule has 2 N–H and O–H groups in total. The lowest BCUT2D eigenvalue weighted by Gasteiger charge is -2.07. The van der Waals surface area contributed by atoms with Gasteiger partial charge in [0.05, 0.1) is 17.0 Å². The number of carbonyl (C=O) groups is 1. The summed E-state index contributed by atoms with van der Waals surface area (Å²) in [6, 6.07) is 0. The first-order chi connectivity index (χ1) is 10.6. The first-order valence-electron chi connectivity index (χ1n) is 5.54. The molecule has 0 aliphatic carbocycles. The number of ether oxygens (including phenoxy) is 1. The first-order valence-corrected chi connectivity index (χ1v) is 7.11. The molecule has 0 aromatic carbocycles. The number of thiophene rings is 1. The number of rotatable bonds is 2. The number of esters is 1. The molecule has 5 nitrogen and oxygen atoms in total. The summed E-state index contributed by atoms with van der Waals surface area (Å²) in [5.74, 6) is -1.86. The third-order valence-electron chi connectivity index (χ3n) is 2.55.